The van der Waals surface area contributed by atoms with Gasteiger partial charge in [0.25, 0.3) is 0 Å². The van der Waals surface area contributed by atoms with E-state index in [1.807, 2.05) is 29.3 Å². The predicted octanol–water partition coefficient (Wildman–Crippen LogP) is 4.21. The molecule has 1 aliphatic rings. The van der Waals surface area contributed by atoms with E-state index in [1.165, 1.54) is 17.5 Å². The third-order valence-corrected chi connectivity index (χ3v) is 5.75. The van der Waals surface area contributed by atoms with Gasteiger partial charge in [-0.05, 0) is 48.8 Å². The molecule has 1 aliphatic heterocycles. The smallest absolute Gasteiger partial charge is 0.246 e. The molecule has 0 unspecified atom stereocenters. The summed E-state index contributed by atoms with van der Waals surface area (Å²) in [4.78, 5) is 14.5. The lowest BCUT2D eigenvalue weighted by Crippen LogP contribution is -2.37. The fourth-order valence-corrected chi connectivity index (χ4v) is 3.96. The number of piperidine rings is 1. The number of aromatic nitrogens is 3. The van der Waals surface area contributed by atoms with Gasteiger partial charge in [0.1, 0.15) is 5.69 Å². The molecule has 3 aromatic rings. The second kappa shape index (κ2) is 10.0. The zero-order valence-electron chi connectivity index (χ0n) is 17.2. The molecule has 5 nitrogen and oxygen atoms in total. The average Bonchev–Trinajstić information content (AvgIpc) is 3.25. The summed E-state index contributed by atoms with van der Waals surface area (Å²) in [6.45, 7) is 2.35. The fourth-order valence-electron chi connectivity index (χ4n) is 3.96. The van der Waals surface area contributed by atoms with Crippen LogP contribution in [0.1, 0.15) is 36.1 Å². The summed E-state index contributed by atoms with van der Waals surface area (Å²) in [5.41, 5.74) is 3.28. The molecule has 0 N–H and O–H groups in total. The Hall–Kier alpha value is -3.21. The van der Waals surface area contributed by atoms with Crippen LogP contribution in [0.4, 0.5) is 0 Å². The van der Waals surface area contributed by atoms with Crippen LogP contribution in [0.5, 0.6) is 0 Å². The molecule has 4 rings (SSSR count). The molecule has 154 valence electrons. The number of likely N-dealkylation sites (tertiary alicyclic amines) is 1. The lowest BCUT2D eigenvalue weighted by molar-refractivity contribution is -0.127. The van der Waals surface area contributed by atoms with Crippen LogP contribution in [-0.2, 0) is 17.8 Å². The van der Waals surface area contributed by atoms with E-state index in [0.717, 1.165) is 32.4 Å². The van der Waals surface area contributed by atoms with Crippen LogP contribution in [0.3, 0.4) is 0 Å². The Bertz CT molecular complexity index is 957. The molecule has 30 heavy (non-hydrogen) atoms. The number of hydrogen-bond acceptors (Lipinski definition) is 3. The normalized spacial score (nSPS) is 15.0. The summed E-state index contributed by atoms with van der Waals surface area (Å²) >= 11 is 0. The van der Waals surface area contributed by atoms with Gasteiger partial charge in [-0.2, -0.15) is 0 Å². The Labute approximate surface area is 178 Å². The van der Waals surface area contributed by atoms with E-state index in [2.05, 4.69) is 52.8 Å². The number of aryl methyl sites for hydroxylation is 1. The molecule has 0 aliphatic carbocycles. The zero-order chi connectivity index (χ0) is 20.6. The SMILES string of the molecule is O=C(/C=C/c1cn(Cc2ccccc2)nn1)N1CCC(CCc2ccccc2)CC1. The molecule has 0 saturated carbocycles. The van der Waals surface area contributed by atoms with Crippen LogP contribution in [0, 0.1) is 5.92 Å². The van der Waals surface area contributed by atoms with E-state index in [9.17, 15) is 4.79 Å². The highest BCUT2D eigenvalue weighted by Gasteiger charge is 2.21. The van der Waals surface area contributed by atoms with E-state index >= 15 is 0 Å². The maximum atomic E-state index is 12.5. The second-order valence-corrected chi connectivity index (χ2v) is 7.95. The Balaban J connectivity index is 1.22. The van der Waals surface area contributed by atoms with Gasteiger partial charge in [0, 0.05) is 19.2 Å². The van der Waals surface area contributed by atoms with Gasteiger partial charge >= 0.3 is 0 Å². The number of rotatable bonds is 7. The number of carbonyl (C=O) groups excluding carboxylic acids is 1. The molecule has 2 aromatic carbocycles. The molecule has 0 bridgehead atoms. The van der Waals surface area contributed by atoms with Crippen LogP contribution in [-0.4, -0.2) is 38.9 Å². The maximum absolute atomic E-state index is 12.5. The quantitative estimate of drug-likeness (QED) is 0.558. The highest BCUT2D eigenvalue weighted by Crippen LogP contribution is 2.22. The number of nitrogens with zero attached hydrogens (tertiary/aromatic N) is 4. The molecule has 0 spiro atoms. The van der Waals surface area contributed by atoms with Crippen molar-refractivity contribution < 1.29 is 4.79 Å². The van der Waals surface area contributed by atoms with E-state index in [0.29, 0.717) is 18.2 Å². The molecule has 5 heteroatoms. The standard InChI is InChI=1S/C25H28N4O/c30-25(14-13-24-20-29(27-26-24)19-23-9-5-2-6-10-23)28-17-15-22(16-18-28)12-11-21-7-3-1-4-8-21/h1-10,13-14,20,22H,11-12,15-19H2/b14-13+. The van der Waals surface area contributed by atoms with Crippen molar-refractivity contribution in [2.75, 3.05) is 13.1 Å². The number of benzene rings is 2. The molecule has 2 heterocycles. The Morgan fingerprint density at radius 3 is 2.33 bits per heavy atom. The van der Waals surface area contributed by atoms with Crippen molar-refractivity contribution in [1.82, 2.24) is 19.9 Å². The lowest BCUT2D eigenvalue weighted by Gasteiger charge is -2.31. The largest absolute Gasteiger partial charge is 0.339 e. The summed E-state index contributed by atoms with van der Waals surface area (Å²) in [6, 6.07) is 20.8. The molecule has 1 amide bonds. The first kappa shape index (κ1) is 20.1. The third kappa shape index (κ3) is 5.66. The molecule has 0 radical (unpaired) electrons. The van der Waals surface area contributed by atoms with Crippen LogP contribution >= 0.6 is 0 Å². The lowest BCUT2D eigenvalue weighted by atomic mass is 9.90. The fraction of sp³-hybridized carbons (Fsp3) is 0.320. The minimum Gasteiger partial charge on any atom is -0.339 e. The summed E-state index contributed by atoms with van der Waals surface area (Å²) in [5, 5.41) is 8.30. The van der Waals surface area contributed by atoms with E-state index in [1.54, 1.807) is 16.8 Å². The van der Waals surface area contributed by atoms with Crippen LogP contribution in [0.25, 0.3) is 6.08 Å². The van der Waals surface area contributed by atoms with E-state index < -0.39 is 0 Å². The van der Waals surface area contributed by atoms with Gasteiger partial charge in [0.2, 0.25) is 5.91 Å². The van der Waals surface area contributed by atoms with Crippen molar-refractivity contribution in [3.63, 3.8) is 0 Å². The predicted molar refractivity (Wildman–Crippen MR) is 119 cm³/mol. The second-order valence-electron chi connectivity index (χ2n) is 7.95. The number of hydrogen-bond donors (Lipinski definition) is 0. The van der Waals surface area contributed by atoms with Gasteiger partial charge in [-0.3, -0.25) is 4.79 Å². The van der Waals surface area contributed by atoms with Gasteiger partial charge in [-0.25, -0.2) is 4.68 Å². The molecule has 1 aromatic heterocycles. The third-order valence-electron chi connectivity index (χ3n) is 5.75. The van der Waals surface area contributed by atoms with Crippen molar-refractivity contribution >= 4 is 12.0 Å². The first-order valence-corrected chi connectivity index (χ1v) is 10.7. The van der Waals surface area contributed by atoms with E-state index in [4.69, 9.17) is 0 Å². The van der Waals surface area contributed by atoms with Gasteiger partial charge in [0.15, 0.2) is 0 Å². The van der Waals surface area contributed by atoms with Crippen LogP contribution in [0.2, 0.25) is 0 Å². The summed E-state index contributed by atoms with van der Waals surface area (Å²) in [7, 11) is 0. The van der Waals surface area contributed by atoms with Gasteiger partial charge in [-0.15, -0.1) is 5.10 Å². The highest BCUT2D eigenvalue weighted by atomic mass is 16.2. The van der Waals surface area contributed by atoms with Gasteiger partial charge in [-0.1, -0.05) is 65.9 Å². The maximum Gasteiger partial charge on any atom is 0.246 e. The van der Waals surface area contributed by atoms with Gasteiger partial charge < -0.3 is 4.90 Å². The number of amides is 1. The van der Waals surface area contributed by atoms with Crippen molar-refractivity contribution in [1.29, 1.82) is 0 Å². The molecule has 1 fully saturated rings. The summed E-state index contributed by atoms with van der Waals surface area (Å²) in [5.74, 6) is 0.769. The van der Waals surface area contributed by atoms with Crippen molar-refractivity contribution in [2.45, 2.75) is 32.2 Å². The Kier molecular flexibility index (Phi) is 6.70. The van der Waals surface area contributed by atoms with Gasteiger partial charge in [0.05, 0.1) is 12.7 Å². The van der Waals surface area contributed by atoms with Crippen LogP contribution in [0.15, 0.2) is 72.9 Å². The minimum absolute atomic E-state index is 0.0640. The number of carbonyl (C=O) groups is 1. The summed E-state index contributed by atoms with van der Waals surface area (Å²) in [6.07, 6.45) is 9.75. The molecular weight excluding hydrogens is 372 g/mol. The first-order chi connectivity index (χ1) is 14.8. The Morgan fingerprint density at radius 2 is 1.63 bits per heavy atom. The molecule has 0 atom stereocenters. The van der Waals surface area contributed by atoms with Crippen molar-refractivity contribution in [2.24, 2.45) is 5.92 Å². The molecule has 1 saturated heterocycles. The monoisotopic (exact) mass is 400 g/mol. The van der Waals surface area contributed by atoms with Crippen molar-refractivity contribution in [3.8, 4) is 0 Å². The highest BCUT2D eigenvalue weighted by molar-refractivity contribution is 5.91. The summed E-state index contributed by atoms with van der Waals surface area (Å²) < 4.78 is 1.79. The Morgan fingerprint density at radius 1 is 0.967 bits per heavy atom. The minimum atomic E-state index is 0.0640. The molecular formula is C25H28N4O. The first-order valence-electron chi connectivity index (χ1n) is 10.7. The topological polar surface area (TPSA) is 51.0 Å². The zero-order valence-corrected chi connectivity index (χ0v) is 17.2. The van der Waals surface area contributed by atoms with E-state index in [-0.39, 0.29) is 5.91 Å². The van der Waals surface area contributed by atoms with Crippen molar-refractivity contribution in [3.05, 3.63) is 89.8 Å². The average molecular weight is 401 g/mol. The van der Waals surface area contributed by atoms with Crippen LogP contribution < -0.4 is 0 Å².